The van der Waals surface area contributed by atoms with Crippen LogP contribution >= 0.6 is 15.9 Å². The van der Waals surface area contributed by atoms with Gasteiger partial charge in [-0.3, -0.25) is 4.79 Å². The first-order valence-corrected chi connectivity index (χ1v) is 43.6. The van der Waals surface area contributed by atoms with Gasteiger partial charge in [0.05, 0.1) is 69.7 Å². The van der Waals surface area contributed by atoms with Crippen molar-refractivity contribution < 1.29 is 100 Å². The summed E-state index contributed by atoms with van der Waals surface area (Å²) in [6.07, 6.45) is 2.32. The lowest BCUT2D eigenvalue weighted by Gasteiger charge is -2.11. The number of aryl methyl sites for hydroxylation is 3. The number of ether oxygens (including phenoxy) is 2. The zero-order valence-corrected chi connectivity index (χ0v) is 77.3. The molecule has 20 aromatic rings. The van der Waals surface area contributed by atoms with Crippen molar-refractivity contribution in [3.05, 3.63) is 340 Å². The standard InChI is InChI=1S/C19H14N4O4.C18H13N3O3.C17H11N3O3.C17H14N2O4.C17H14N2O3.C16H11BrN2O4/c1-11-10-16(24)23(22-11)15-8-6-13(7-9-15)18-21-20-17(27-18)12-2-4-14(5-3-12)19(25)26;1-21-8-7-11-9-13(5-6-15(11)21)17-20-19-16(24-17)12-3-2-4-14(10-12)18(22)23;21-17(22)12-6-3-5-11(8-12)15-19-20-16(23-15)14-9-10-4-1-2-7-13(10)18-14;1-10-3-8-14(22-2)13(9-10)16-19-18-15(23-16)11-4-6-12(7-5-11)17(20)21;1-10-4-3-5-14(11(10)2)16-19-18-15(22-16)12-6-8-13(9-7-12)17(20)21;1-22-13-7-6-11(8-12(13)17)15-19-18-14(23-15)9-2-4-10(5-3-9)16(20)21/h2-9H,10H2,1H3,(H,25,26);2-10H,1H3,(H,22,23);1-9,18H,(H,21,22);3-9H,1-2H3,(H,20,21);3-9H,1-2H3,(H,20,21);2-8H,1H3,(H,20,21). The van der Waals surface area contributed by atoms with E-state index in [0.29, 0.717) is 133 Å². The van der Waals surface area contributed by atoms with Crippen LogP contribution in [0.5, 0.6) is 11.5 Å². The maximum absolute atomic E-state index is 11.9. The molecule has 0 atom stereocenters. The lowest BCUT2D eigenvalue weighted by atomic mass is 10.0. The van der Waals surface area contributed by atoms with Crippen molar-refractivity contribution in [1.29, 1.82) is 0 Å². The van der Waals surface area contributed by atoms with Crippen LogP contribution in [0.25, 0.3) is 159 Å². The molecule has 1 aliphatic rings. The summed E-state index contributed by atoms with van der Waals surface area (Å²) >= 11 is 3.41. The number of aromatic nitrogens is 14. The fourth-order valence-electron chi connectivity index (χ4n) is 14.2. The molecule has 0 bridgehead atoms. The number of nitrogens with zero attached hydrogens (tertiary/aromatic N) is 15. The lowest BCUT2D eigenvalue weighted by Crippen LogP contribution is -2.19. The average Bonchev–Trinajstić information content (AvgIpc) is 1.66. The first kappa shape index (κ1) is 95.7. The number of anilines is 1. The molecule has 37 nitrogen and oxygen atoms in total. The molecule has 706 valence electrons. The monoisotopic (exact) mass is 1960 g/mol. The van der Waals surface area contributed by atoms with Crippen LogP contribution in [0.3, 0.4) is 0 Å². The number of aromatic carboxylic acids is 6. The molecular formula is C104H77BrN16O21. The zero-order chi connectivity index (χ0) is 99.9. The van der Waals surface area contributed by atoms with Gasteiger partial charge in [0.2, 0.25) is 58.9 Å². The van der Waals surface area contributed by atoms with Crippen LogP contribution in [0.4, 0.5) is 5.69 Å². The van der Waals surface area contributed by atoms with Gasteiger partial charge in [0.1, 0.15) is 17.2 Å². The number of halogens is 1. The highest BCUT2D eigenvalue weighted by Gasteiger charge is 2.26. The number of rotatable bonds is 21. The number of carbonyl (C=O) groups is 7. The van der Waals surface area contributed by atoms with E-state index in [1.54, 1.807) is 117 Å². The molecule has 9 heterocycles. The molecule has 12 aromatic carbocycles. The van der Waals surface area contributed by atoms with Crippen LogP contribution in [0, 0.1) is 20.8 Å². The Hall–Kier alpha value is -19.4. The van der Waals surface area contributed by atoms with Crippen LogP contribution in [0.2, 0.25) is 0 Å². The van der Waals surface area contributed by atoms with Crippen LogP contribution in [-0.4, -0.2) is 163 Å². The van der Waals surface area contributed by atoms with E-state index in [1.165, 1.54) is 77.8 Å². The molecule has 8 aromatic heterocycles. The smallest absolute Gasteiger partial charge is 0.335 e. The van der Waals surface area contributed by atoms with Crippen molar-refractivity contribution in [2.24, 2.45) is 12.1 Å². The molecule has 0 fully saturated rings. The number of carbonyl (C=O) groups excluding carboxylic acids is 1. The Morgan fingerprint density at radius 2 is 0.718 bits per heavy atom. The largest absolute Gasteiger partial charge is 0.496 e. The summed E-state index contributed by atoms with van der Waals surface area (Å²) in [7, 11) is 5.16. The number of hydrazone groups is 1. The second-order valence-corrected chi connectivity index (χ2v) is 32.2. The van der Waals surface area contributed by atoms with E-state index in [9.17, 15) is 33.6 Å². The minimum Gasteiger partial charge on any atom is -0.496 e. The number of fused-ring (bicyclic) bond motifs is 2. The van der Waals surface area contributed by atoms with Crippen molar-refractivity contribution in [2.75, 3.05) is 19.2 Å². The second-order valence-electron chi connectivity index (χ2n) is 31.3. The molecule has 21 rings (SSSR count). The number of aromatic amines is 1. The number of amides is 1. The Labute approximate surface area is 811 Å². The van der Waals surface area contributed by atoms with Crippen molar-refractivity contribution in [1.82, 2.24) is 70.7 Å². The van der Waals surface area contributed by atoms with Crippen LogP contribution < -0.4 is 14.5 Å². The van der Waals surface area contributed by atoms with Gasteiger partial charge in [-0.1, -0.05) is 54.1 Å². The molecule has 0 saturated heterocycles. The van der Waals surface area contributed by atoms with Gasteiger partial charge in [-0.15, -0.1) is 61.2 Å². The van der Waals surface area contributed by atoms with Gasteiger partial charge < -0.3 is 76.2 Å². The van der Waals surface area contributed by atoms with Crippen molar-refractivity contribution in [3.8, 4) is 149 Å². The number of benzene rings is 12. The highest BCUT2D eigenvalue weighted by atomic mass is 79.9. The molecule has 38 heteroatoms. The number of methoxy groups -OCH3 is 2. The van der Waals surface area contributed by atoms with Crippen LogP contribution in [-0.2, 0) is 11.8 Å². The number of nitrogens with one attached hydrogen (secondary N) is 1. The zero-order valence-electron chi connectivity index (χ0n) is 75.7. The first-order valence-electron chi connectivity index (χ1n) is 42.8. The van der Waals surface area contributed by atoms with Crippen molar-refractivity contribution in [3.63, 3.8) is 0 Å². The maximum atomic E-state index is 11.9. The van der Waals surface area contributed by atoms with Gasteiger partial charge >= 0.3 is 35.8 Å². The summed E-state index contributed by atoms with van der Waals surface area (Å²) < 4.78 is 47.5. The lowest BCUT2D eigenvalue weighted by molar-refractivity contribution is -0.116. The fraction of sp³-hybridized carbons (Fsp3) is 0.0769. The topological polar surface area (TPSA) is 529 Å². The third-order valence-corrected chi connectivity index (χ3v) is 22.4. The summed E-state index contributed by atoms with van der Waals surface area (Å²) in [6.45, 7) is 7.82. The number of H-pyrrole nitrogens is 1. The summed E-state index contributed by atoms with van der Waals surface area (Å²) in [5, 5.41) is 110. The molecule has 1 aliphatic heterocycles. The third kappa shape index (κ3) is 22.4. The molecule has 0 radical (unpaired) electrons. The van der Waals surface area contributed by atoms with Crippen molar-refractivity contribution >= 4 is 90.9 Å². The predicted octanol–water partition coefficient (Wildman–Crippen LogP) is 21.4. The molecule has 1 amide bonds. The Morgan fingerprint density at radius 3 is 1.15 bits per heavy atom. The second kappa shape index (κ2) is 42.7. The molecule has 0 saturated carbocycles. The van der Waals surface area contributed by atoms with E-state index in [2.05, 4.69) is 87.2 Å². The number of para-hydroxylation sites is 1. The highest BCUT2D eigenvalue weighted by Crippen LogP contribution is 2.38. The van der Waals surface area contributed by atoms with Crippen LogP contribution in [0.1, 0.15) is 92.2 Å². The number of carboxylic acids is 6. The molecule has 0 unspecified atom stereocenters. The van der Waals surface area contributed by atoms with Gasteiger partial charge in [-0.05, 0) is 285 Å². The quantitative estimate of drug-likeness (QED) is 0.0351. The summed E-state index contributed by atoms with van der Waals surface area (Å²) in [5.74, 6) is -0.494. The minimum absolute atomic E-state index is 0.0647. The highest BCUT2D eigenvalue weighted by molar-refractivity contribution is 9.10. The number of carboxylic acid groups (broad SMARTS) is 6. The first-order chi connectivity index (χ1) is 68.5. The number of hydrogen-bond acceptors (Lipinski definition) is 28. The SMILES string of the molecule is CC1=NN(c2ccc(-c3nnc(-c4ccc(C(=O)O)cc4)o3)cc2)C(=O)C1.COc1ccc(-c2nnc(-c3ccc(C(=O)O)cc3)o2)cc1Br.COc1ccc(C)cc1-c1nnc(-c2ccc(C(=O)O)cc2)o1.Cc1cccc(-c2nnc(-c3ccc(C(=O)O)cc3)o2)c1C.Cn1ccc2cc(-c3nnc(-c4cccc(C(=O)O)c4)o3)ccc21.O=C(O)c1cccc(-c2nnc(-c3cc4ccccc4[nH]3)o2)c1. The Kier molecular flexibility index (Phi) is 28.8. The Bertz CT molecular complexity index is 8090. The normalized spacial score (nSPS) is 11.3. The van der Waals surface area contributed by atoms with Gasteiger partial charge in [0, 0.05) is 96.4 Å². The van der Waals surface area contributed by atoms with Gasteiger partial charge in [-0.2, -0.15) is 5.10 Å². The maximum Gasteiger partial charge on any atom is 0.335 e. The Balaban J connectivity index is 0.000000123. The third-order valence-electron chi connectivity index (χ3n) is 21.8. The van der Waals surface area contributed by atoms with E-state index in [4.69, 9.17) is 66.6 Å². The average molecular weight is 1970 g/mol. The van der Waals surface area contributed by atoms with E-state index < -0.39 is 35.8 Å². The minimum atomic E-state index is -0.998. The summed E-state index contributed by atoms with van der Waals surface area (Å²) in [5.41, 5.74) is 16.4. The molecule has 142 heavy (non-hydrogen) atoms. The van der Waals surface area contributed by atoms with E-state index in [-0.39, 0.29) is 45.2 Å². The van der Waals surface area contributed by atoms with E-state index in [1.807, 2.05) is 149 Å². The molecule has 0 spiro atoms. The number of hydrogen-bond donors (Lipinski definition) is 7. The molecule has 7 N–H and O–H groups in total. The van der Waals surface area contributed by atoms with E-state index in [0.717, 1.165) is 71.1 Å². The fourth-order valence-corrected chi connectivity index (χ4v) is 14.7. The van der Waals surface area contributed by atoms with Gasteiger partial charge in [-0.25, -0.2) is 33.8 Å². The Morgan fingerprint density at radius 1 is 0.345 bits per heavy atom. The predicted molar refractivity (Wildman–Crippen MR) is 521 cm³/mol. The van der Waals surface area contributed by atoms with Crippen LogP contribution in [0.15, 0.2) is 321 Å². The summed E-state index contributed by atoms with van der Waals surface area (Å²) in [4.78, 5) is 80.7. The van der Waals surface area contributed by atoms with E-state index >= 15 is 0 Å². The summed E-state index contributed by atoms with van der Waals surface area (Å²) in [6, 6.07) is 79.7. The van der Waals surface area contributed by atoms with Gasteiger partial charge in [0.25, 0.3) is 17.7 Å². The molecular weight excluding hydrogens is 1890 g/mol. The van der Waals surface area contributed by atoms with Gasteiger partial charge in [0.15, 0.2) is 0 Å². The van der Waals surface area contributed by atoms with Crippen molar-refractivity contribution in [2.45, 2.75) is 34.1 Å². The molecule has 0 aliphatic carbocycles.